The van der Waals surface area contributed by atoms with E-state index in [1.54, 1.807) is 6.92 Å². The van der Waals surface area contributed by atoms with Crippen LogP contribution in [0.2, 0.25) is 0 Å². The van der Waals surface area contributed by atoms with Gasteiger partial charge in [0.25, 0.3) is 0 Å². The number of nitrogen functional groups attached to an aromatic ring is 1. The molecule has 3 aromatic heterocycles. The summed E-state index contributed by atoms with van der Waals surface area (Å²) >= 11 is 0. The number of aliphatic hydroxyl groups is 1. The zero-order valence-electron chi connectivity index (χ0n) is 18.3. The van der Waals surface area contributed by atoms with Gasteiger partial charge in [-0.3, -0.25) is 4.79 Å². The molecular weight excluding hydrogens is 456 g/mol. The summed E-state index contributed by atoms with van der Waals surface area (Å²) in [5, 5.41) is 13.7. The lowest BCUT2D eigenvalue weighted by atomic mass is 9.99. The Kier molecular flexibility index (Phi) is 5.47. The topological polar surface area (TPSA) is 120 Å². The summed E-state index contributed by atoms with van der Waals surface area (Å²) < 4.78 is 36.3. The summed E-state index contributed by atoms with van der Waals surface area (Å²) in [4.78, 5) is 21.8. The smallest absolute Gasteiger partial charge is 0.203 e. The molecule has 3 heterocycles. The van der Waals surface area contributed by atoms with Gasteiger partial charge in [-0.1, -0.05) is 24.1 Å². The Bertz CT molecular complexity index is 1730. The summed E-state index contributed by atoms with van der Waals surface area (Å²) in [5.74, 6) is 4.17. The zero-order valence-corrected chi connectivity index (χ0v) is 18.3. The third-order valence-electron chi connectivity index (χ3n) is 5.56. The van der Waals surface area contributed by atoms with Crippen molar-refractivity contribution in [3.05, 3.63) is 82.1 Å². The second-order valence-corrected chi connectivity index (χ2v) is 7.68. The monoisotopic (exact) mass is 473 g/mol. The van der Waals surface area contributed by atoms with E-state index in [-0.39, 0.29) is 39.4 Å². The van der Waals surface area contributed by atoms with E-state index in [2.05, 4.69) is 26.9 Å². The quantitative estimate of drug-likeness (QED) is 0.385. The van der Waals surface area contributed by atoms with Crippen LogP contribution in [0.15, 0.2) is 58.0 Å². The Morgan fingerprint density at radius 3 is 2.74 bits per heavy atom. The van der Waals surface area contributed by atoms with E-state index in [9.17, 15) is 13.6 Å². The van der Waals surface area contributed by atoms with Crippen LogP contribution in [0.25, 0.3) is 33.1 Å². The predicted octanol–water partition coefficient (Wildman–Crippen LogP) is 3.41. The van der Waals surface area contributed by atoms with E-state index in [4.69, 9.17) is 15.3 Å². The van der Waals surface area contributed by atoms with Crippen LogP contribution in [0.1, 0.15) is 24.4 Å². The molecule has 1 unspecified atom stereocenters. The number of aromatic nitrogens is 4. The van der Waals surface area contributed by atoms with Crippen LogP contribution in [-0.4, -0.2) is 31.5 Å². The highest BCUT2D eigenvalue weighted by Gasteiger charge is 2.27. The lowest BCUT2D eigenvalue weighted by Gasteiger charge is -2.17. The van der Waals surface area contributed by atoms with Crippen LogP contribution in [0, 0.1) is 23.5 Å². The lowest BCUT2D eigenvalue weighted by Crippen LogP contribution is -2.17. The van der Waals surface area contributed by atoms with Crippen molar-refractivity contribution < 1.29 is 18.3 Å². The summed E-state index contributed by atoms with van der Waals surface area (Å²) in [6, 6.07) is 8.68. The van der Waals surface area contributed by atoms with Gasteiger partial charge in [0.1, 0.15) is 58.9 Å². The van der Waals surface area contributed by atoms with Gasteiger partial charge in [0.05, 0.1) is 10.9 Å². The van der Waals surface area contributed by atoms with E-state index in [0.717, 1.165) is 6.07 Å². The lowest BCUT2D eigenvalue weighted by molar-refractivity contribution is 0.350. The molecule has 0 aliphatic heterocycles. The molecule has 3 N–H and O–H groups in total. The third-order valence-corrected chi connectivity index (χ3v) is 5.56. The second-order valence-electron chi connectivity index (χ2n) is 7.68. The summed E-state index contributed by atoms with van der Waals surface area (Å²) in [6.45, 7) is 1.30. The Morgan fingerprint density at radius 1 is 1.17 bits per heavy atom. The van der Waals surface area contributed by atoms with Gasteiger partial charge < -0.3 is 15.3 Å². The largest absolute Gasteiger partial charge is 0.458 e. The van der Waals surface area contributed by atoms with Gasteiger partial charge in [0.15, 0.2) is 5.65 Å². The normalized spacial score (nSPS) is 12.0. The summed E-state index contributed by atoms with van der Waals surface area (Å²) in [6.07, 6.45) is 1.26. The number of hydrogen-bond donors (Lipinski definition) is 2. The van der Waals surface area contributed by atoms with Crippen LogP contribution in [0.3, 0.4) is 0 Å². The molecule has 0 saturated carbocycles. The third kappa shape index (κ3) is 3.68. The highest BCUT2D eigenvalue weighted by molar-refractivity contribution is 5.91. The van der Waals surface area contributed by atoms with Crippen molar-refractivity contribution >= 4 is 27.8 Å². The van der Waals surface area contributed by atoms with E-state index >= 15 is 0 Å². The van der Waals surface area contributed by atoms with E-state index < -0.39 is 29.7 Å². The number of hydrogen-bond acceptors (Lipinski definition) is 7. The van der Waals surface area contributed by atoms with Crippen LogP contribution < -0.4 is 11.2 Å². The minimum Gasteiger partial charge on any atom is -0.458 e. The first-order valence-corrected chi connectivity index (χ1v) is 10.5. The molecule has 0 saturated heterocycles. The van der Waals surface area contributed by atoms with Gasteiger partial charge in [0.2, 0.25) is 5.43 Å². The molecule has 5 rings (SSSR count). The van der Waals surface area contributed by atoms with Crippen molar-refractivity contribution in [3.63, 3.8) is 0 Å². The molecule has 10 heteroatoms. The average Bonchev–Trinajstić information content (AvgIpc) is 3.22. The molecule has 0 fully saturated rings. The van der Waals surface area contributed by atoms with Crippen molar-refractivity contribution in [2.75, 3.05) is 12.3 Å². The molecule has 1 atom stereocenters. The van der Waals surface area contributed by atoms with Crippen LogP contribution in [-0.2, 0) is 0 Å². The van der Waals surface area contributed by atoms with Crippen LogP contribution in [0.4, 0.5) is 14.6 Å². The van der Waals surface area contributed by atoms with Gasteiger partial charge in [-0.2, -0.15) is 5.10 Å². The number of rotatable bonds is 3. The maximum Gasteiger partial charge on any atom is 0.203 e. The molecule has 174 valence electrons. The summed E-state index contributed by atoms with van der Waals surface area (Å²) in [5.41, 5.74) is 6.16. The highest BCUT2D eigenvalue weighted by atomic mass is 19.1. The first kappa shape index (κ1) is 22.2. The maximum absolute atomic E-state index is 14.6. The molecule has 0 spiro atoms. The van der Waals surface area contributed by atoms with E-state index in [0.29, 0.717) is 11.0 Å². The number of benzene rings is 2. The summed E-state index contributed by atoms with van der Waals surface area (Å²) in [7, 11) is 0. The second kappa shape index (κ2) is 8.62. The standard InChI is InChI=1S/C25H17F2N5O3/c1-13(32-25-21(24(28)29-12-30-25)17(31-32)8-4-10-33)23-19(14-5-2-6-15(26)11-14)22(34)20-16(27)7-3-9-18(20)35-23/h2-3,5-7,9,11-13,33H,10H2,1H3,(H2,28,29,30). The number of aliphatic hydroxyl groups excluding tert-OH is 1. The Labute approximate surface area is 196 Å². The molecule has 8 nitrogen and oxygen atoms in total. The molecule has 0 radical (unpaired) electrons. The van der Waals surface area contributed by atoms with Gasteiger partial charge in [-0.15, -0.1) is 0 Å². The first-order chi connectivity index (χ1) is 16.9. The number of nitrogens with zero attached hydrogens (tertiary/aromatic N) is 4. The molecular formula is C25H17F2N5O3. The molecule has 0 aliphatic rings. The van der Waals surface area contributed by atoms with Gasteiger partial charge >= 0.3 is 0 Å². The number of halogens is 2. The Hall–Kier alpha value is -4.62. The predicted molar refractivity (Wildman–Crippen MR) is 125 cm³/mol. The molecule has 0 amide bonds. The fourth-order valence-electron chi connectivity index (χ4n) is 4.01. The first-order valence-electron chi connectivity index (χ1n) is 10.5. The molecule has 0 aliphatic carbocycles. The molecule has 0 bridgehead atoms. The van der Waals surface area contributed by atoms with Crippen molar-refractivity contribution in [2.24, 2.45) is 0 Å². The van der Waals surface area contributed by atoms with Crippen molar-refractivity contribution in [2.45, 2.75) is 13.0 Å². The van der Waals surface area contributed by atoms with Crippen molar-refractivity contribution in [1.29, 1.82) is 0 Å². The minimum atomic E-state index is -0.782. The number of anilines is 1. The Balaban J connectivity index is 1.84. The highest BCUT2D eigenvalue weighted by Crippen LogP contribution is 2.34. The van der Waals surface area contributed by atoms with Crippen molar-refractivity contribution in [1.82, 2.24) is 19.7 Å². The molecule has 5 aromatic rings. The van der Waals surface area contributed by atoms with Gasteiger partial charge in [0, 0.05) is 0 Å². The minimum absolute atomic E-state index is 0.0109. The van der Waals surface area contributed by atoms with E-state index in [1.165, 1.54) is 47.4 Å². The Morgan fingerprint density at radius 2 is 1.97 bits per heavy atom. The van der Waals surface area contributed by atoms with Gasteiger partial charge in [-0.25, -0.2) is 23.4 Å². The van der Waals surface area contributed by atoms with E-state index in [1.807, 2.05) is 0 Å². The molecule has 2 aromatic carbocycles. The fourth-order valence-corrected chi connectivity index (χ4v) is 4.01. The van der Waals surface area contributed by atoms with Crippen LogP contribution >= 0.6 is 0 Å². The zero-order chi connectivity index (χ0) is 24.7. The maximum atomic E-state index is 14.6. The average molecular weight is 473 g/mol. The van der Waals surface area contributed by atoms with Crippen LogP contribution in [0.5, 0.6) is 0 Å². The SMILES string of the molecule is CC(c1oc2cccc(F)c2c(=O)c1-c1cccc(F)c1)n1nc(C#CCO)c2c(N)ncnc21. The van der Waals surface area contributed by atoms with Gasteiger partial charge in [-0.05, 0) is 42.7 Å². The molecule has 35 heavy (non-hydrogen) atoms. The fraction of sp³-hybridized carbons (Fsp3) is 0.120. The number of fused-ring (bicyclic) bond motifs is 2. The van der Waals surface area contributed by atoms with Crippen molar-refractivity contribution in [3.8, 4) is 23.0 Å². The number of nitrogens with two attached hydrogens (primary N) is 1.